The van der Waals surface area contributed by atoms with Gasteiger partial charge in [-0.2, -0.15) is 0 Å². The lowest BCUT2D eigenvalue weighted by Crippen LogP contribution is -2.40. The number of carbonyl (C=O) groups excluding carboxylic acids is 1. The molecule has 0 bridgehead atoms. The number of halogens is 2. The molecular formula is C38H27Cl2N3O3S. The summed E-state index contributed by atoms with van der Waals surface area (Å²) >= 11 is 13.6. The number of rotatable bonds is 7. The number of nitrogens with zero attached hydrogens (tertiary/aromatic N) is 2. The SMILES string of the molecule is CC1=C(C(=O)Nc2ccccc2)[C@@H](c2ccc(Cl)cc2)n2c(s/c(=C\c3c(OCc4ccc(Cl)cc4)ccc4ccccc34)c2=O)=N1. The lowest BCUT2D eigenvalue weighted by atomic mass is 9.95. The molecule has 0 saturated carbocycles. The number of hydrogen-bond donors (Lipinski definition) is 1. The van der Waals surface area contributed by atoms with Crippen molar-refractivity contribution in [3.05, 3.63) is 173 Å². The molecule has 1 amide bonds. The topological polar surface area (TPSA) is 72.7 Å². The van der Waals surface area contributed by atoms with Gasteiger partial charge in [0.2, 0.25) is 0 Å². The molecule has 7 rings (SSSR count). The molecule has 9 heteroatoms. The minimum absolute atomic E-state index is 0.261. The quantitative estimate of drug-likeness (QED) is 0.187. The Morgan fingerprint density at radius 3 is 2.32 bits per heavy atom. The zero-order valence-electron chi connectivity index (χ0n) is 25.1. The summed E-state index contributed by atoms with van der Waals surface area (Å²) in [5.74, 6) is 0.302. The third-order valence-corrected chi connectivity index (χ3v) is 9.48. The van der Waals surface area contributed by atoms with E-state index in [0.717, 1.165) is 27.5 Å². The monoisotopic (exact) mass is 675 g/mol. The van der Waals surface area contributed by atoms with E-state index in [0.29, 0.717) is 48.7 Å². The molecule has 0 fully saturated rings. The molecule has 232 valence electrons. The Morgan fingerprint density at radius 2 is 1.57 bits per heavy atom. The molecule has 1 aliphatic rings. The summed E-state index contributed by atoms with van der Waals surface area (Å²) < 4.78 is 8.40. The van der Waals surface area contributed by atoms with Gasteiger partial charge in [0.15, 0.2) is 4.80 Å². The van der Waals surface area contributed by atoms with Gasteiger partial charge in [0.25, 0.3) is 11.5 Å². The van der Waals surface area contributed by atoms with Crippen LogP contribution in [0.3, 0.4) is 0 Å². The van der Waals surface area contributed by atoms with Crippen molar-refractivity contribution in [2.75, 3.05) is 5.32 Å². The second-order valence-electron chi connectivity index (χ2n) is 11.1. The van der Waals surface area contributed by atoms with E-state index in [1.165, 1.54) is 11.3 Å². The first-order chi connectivity index (χ1) is 22.9. The van der Waals surface area contributed by atoms with Crippen LogP contribution in [0, 0.1) is 0 Å². The van der Waals surface area contributed by atoms with Crippen LogP contribution in [-0.2, 0) is 11.4 Å². The molecule has 1 N–H and O–H groups in total. The van der Waals surface area contributed by atoms with Gasteiger partial charge < -0.3 is 10.1 Å². The molecule has 5 aromatic carbocycles. The van der Waals surface area contributed by atoms with Gasteiger partial charge in [-0.1, -0.05) is 107 Å². The van der Waals surface area contributed by atoms with Crippen molar-refractivity contribution >= 4 is 63.0 Å². The van der Waals surface area contributed by atoms with Crippen molar-refractivity contribution in [1.29, 1.82) is 0 Å². The fourth-order valence-electron chi connectivity index (χ4n) is 5.72. The molecule has 47 heavy (non-hydrogen) atoms. The number of hydrogen-bond acceptors (Lipinski definition) is 5. The Kier molecular flexibility index (Phi) is 8.52. The van der Waals surface area contributed by atoms with E-state index >= 15 is 0 Å². The predicted octanol–water partition coefficient (Wildman–Crippen LogP) is 7.91. The van der Waals surface area contributed by atoms with Crippen LogP contribution in [0.15, 0.2) is 136 Å². The predicted molar refractivity (Wildman–Crippen MR) is 190 cm³/mol. The molecule has 0 unspecified atom stereocenters. The van der Waals surface area contributed by atoms with E-state index in [1.54, 1.807) is 23.6 Å². The van der Waals surface area contributed by atoms with Gasteiger partial charge in [-0.15, -0.1) is 0 Å². The molecule has 0 spiro atoms. The van der Waals surface area contributed by atoms with E-state index < -0.39 is 6.04 Å². The minimum Gasteiger partial charge on any atom is -0.488 e. The third-order valence-electron chi connectivity index (χ3n) is 8.00. The smallest absolute Gasteiger partial charge is 0.271 e. The summed E-state index contributed by atoms with van der Waals surface area (Å²) in [6, 6.07) is 35.1. The molecule has 0 radical (unpaired) electrons. The van der Waals surface area contributed by atoms with Gasteiger partial charge in [-0.3, -0.25) is 14.2 Å². The number of allylic oxidation sites excluding steroid dienone is 1. The Bertz CT molecular complexity index is 2350. The number of thiazole rings is 1. The maximum absolute atomic E-state index is 14.4. The number of nitrogens with one attached hydrogen (secondary N) is 1. The highest BCUT2D eigenvalue weighted by molar-refractivity contribution is 7.07. The van der Waals surface area contributed by atoms with E-state index in [-0.39, 0.29) is 11.5 Å². The van der Waals surface area contributed by atoms with Crippen molar-refractivity contribution in [2.45, 2.75) is 19.6 Å². The fourth-order valence-corrected chi connectivity index (χ4v) is 7.00. The number of amides is 1. The van der Waals surface area contributed by atoms with Crippen LogP contribution in [-0.4, -0.2) is 10.5 Å². The molecular weight excluding hydrogens is 649 g/mol. The molecule has 0 saturated heterocycles. The van der Waals surface area contributed by atoms with Crippen molar-refractivity contribution in [2.24, 2.45) is 4.99 Å². The van der Waals surface area contributed by atoms with Crippen LogP contribution in [0.5, 0.6) is 5.75 Å². The number of anilines is 1. The Morgan fingerprint density at radius 1 is 0.894 bits per heavy atom. The van der Waals surface area contributed by atoms with Crippen LogP contribution < -0.4 is 24.9 Å². The lowest BCUT2D eigenvalue weighted by molar-refractivity contribution is -0.113. The number of para-hydroxylation sites is 1. The van der Waals surface area contributed by atoms with E-state index in [2.05, 4.69) is 5.32 Å². The van der Waals surface area contributed by atoms with Gasteiger partial charge in [-0.05, 0) is 77.4 Å². The zero-order valence-corrected chi connectivity index (χ0v) is 27.4. The lowest BCUT2D eigenvalue weighted by Gasteiger charge is -2.25. The highest BCUT2D eigenvalue weighted by Crippen LogP contribution is 2.32. The standard InChI is InChI=1S/C38H27Cl2N3O3S/c1-23-34(36(44)42-29-8-3-2-4-9-29)35(26-13-18-28(40)19-14-26)43-37(45)33(47-38(43)41-23)21-31-30-10-6-5-7-25(30)15-20-32(31)46-22-24-11-16-27(39)17-12-24/h2-21,35H,22H2,1H3,(H,42,44)/b33-21-/t35-/m1/s1. The van der Waals surface area contributed by atoms with Crippen LogP contribution in [0.25, 0.3) is 16.8 Å². The second-order valence-corrected chi connectivity index (χ2v) is 12.9. The molecule has 1 aromatic heterocycles. The summed E-state index contributed by atoms with van der Waals surface area (Å²) in [5, 5.41) is 6.15. The van der Waals surface area contributed by atoms with Crippen LogP contribution in [0.1, 0.15) is 29.7 Å². The van der Waals surface area contributed by atoms with Gasteiger partial charge >= 0.3 is 0 Å². The molecule has 6 aromatic rings. The number of ether oxygens (including phenoxy) is 1. The van der Waals surface area contributed by atoms with E-state index in [1.807, 2.05) is 109 Å². The van der Waals surface area contributed by atoms with Crippen LogP contribution in [0.4, 0.5) is 5.69 Å². The minimum atomic E-state index is -0.720. The summed E-state index contributed by atoms with van der Waals surface area (Å²) in [6.07, 6.45) is 1.87. The van der Waals surface area contributed by atoms with Gasteiger partial charge in [0.1, 0.15) is 12.4 Å². The average molecular weight is 677 g/mol. The maximum atomic E-state index is 14.4. The Hall–Kier alpha value is -4.95. The van der Waals surface area contributed by atoms with Crippen molar-refractivity contribution in [3.63, 3.8) is 0 Å². The van der Waals surface area contributed by atoms with Crippen molar-refractivity contribution < 1.29 is 9.53 Å². The summed E-state index contributed by atoms with van der Waals surface area (Å²) in [4.78, 5) is 33.5. The Labute approximate surface area is 284 Å². The molecule has 1 atom stereocenters. The zero-order chi connectivity index (χ0) is 32.5. The summed E-state index contributed by atoms with van der Waals surface area (Å²) in [5.41, 5.74) is 3.79. The molecule has 2 heterocycles. The van der Waals surface area contributed by atoms with Crippen LogP contribution in [0.2, 0.25) is 10.0 Å². The summed E-state index contributed by atoms with van der Waals surface area (Å²) in [7, 11) is 0. The van der Waals surface area contributed by atoms with Gasteiger partial charge in [0.05, 0.1) is 21.8 Å². The van der Waals surface area contributed by atoms with Gasteiger partial charge in [0, 0.05) is 21.3 Å². The number of benzene rings is 5. The largest absolute Gasteiger partial charge is 0.488 e. The highest BCUT2D eigenvalue weighted by Gasteiger charge is 2.32. The maximum Gasteiger partial charge on any atom is 0.271 e. The first-order valence-electron chi connectivity index (χ1n) is 14.9. The molecule has 6 nitrogen and oxygen atoms in total. The normalized spacial score (nSPS) is 14.5. The average Bonchev–Trinajstić information content (AvgIpc) is 3.39. The number of aromatic nitrogens is 1. The first-order valence-corrected chi connectivity index (χ1v) is 16.5. The van der Waals surface area contributed by atoms with Crippen molar-refractivity contribution in [1.82, 2.24) is 4.57 Å². The highest BCUT2D eigenvalue weighted by atomic mass is 35.5. The van der Waals surface area contributed by atoms with Crippen molar-refractivity contribution in [3.8, 4) is 5.75 Å². The Balaban J connectivity index is 1.36. The molecule has 1 aliphatic heterocycles. The number of fused-ring (bicyclic) bond motifs is 2. The molecule has 0 aliphatic carbocycles. The second kappa shape index (κ2) is 13.0. The number of carbonyl (C=O) groups is 1. The third kappa shape index (κ3) is 6.25. The fraction of sp³-hybridized carbons (Fsp3) is 0.0789. The van der Waals surface area contributed by atoms with E-state index in [9.17, 15) is 9.59 Å². The first kappa shape index (κ1) is 30.7. The van der Waals surface area contributed by atoms with Gasteiger partial charge in [-0.25, -0.2) is 4.99 Å². The summed E-state index contributed by atoms with van der Waals surface area (Å²) in [6.45, 7) is 2.13. The van der Waals surface area contributed by atoms with E-state index in [4.69, 9.17) is 32.9 Å². The van der Waals surface area contributed by atoms with Crippen LogP contribution >= 0.6 is 34.5 Å².